The number of rotatable bonds is 5. The lowest BCUT2D eigenvalue weighted by atomic mass is 9.91. The number of allylic oxidation sites excluding steroid dienone is 3. The van der Waals surface area contributed by atoms with Crippen LogP contribution in [0.15, 0.2) is 64.6 Å². The lowest BCUT2D eigenvalue weighted by Gasteiger charge is -2.29. The molecule has 3 N–H and O–H groups in total. The molecule has 1 aromatic carbocycles. The number of anilines is 2. The maximum absolute atomic E-state index is 9.91. The first-order valence-electron chi connectivity index (χ1n) is 9.92. The highest BCUT2D eigenvalue weighted by Gasteiger charge is 2.25. The highest BCUT2D eigenvalue weighted by Crippen LogP contribution is 2.34. The van der Waals surface area contributed by atoms with Gasteiger partial charge in [-0.25, -0.2) is 0 Å². The molecular weight excluding hydrogens is 406 g/mol. The molecule has 1 atom stereocenters. The van der Waals surface area contributed by atoms with Crippen molar-refractivity contribution in [2.24, 2.45) is 0 Å². The van der Waals surface area contributed by atoms with Crippen LogP contribution in [-0.4, -0.2) is 27.5 Å². The van der Waals surface area contributed by atoms with Gasteiger partial charge in [-0.2, -0.15) is 20.2 Å². The fourth-order valence-corrected chi connectivity index (χ4v) is 4.06. The zero-order valence-electron chi connectivity index (χ0n) is 17.6. The van der Waals surface area contributed by atoms with Crippen LogP contribution in [0.3, 0.4) is 0 Å². The lowest BCUT2D eigenvalue weighted by Crippen LogP contribution is -2.34. The third-order valence-corrected chi connectivity index (χ3v) is 5.90. The molecule has 7 nitrogen and oxygen atoms in total. The van der Waals surface area contributed by atoms with Crippen molar-refractivity contribution in [1.82, 2.24) is 20.3 Å². The summed E-state index contributed by atoms with van der Waals surface area (Å²) >= 11 is 1.45. The monoisotopic (exact) mass is 429 g/mol. The van der Waals surface area contributed by atoms with Crippen molar-refractivity contribution >= 4 is 34.9 Å². The molecule has 0 radical (unpaired) electrons. The number of benzene rings is 1. The quantitative estimate of drug-likeness (QED) is 0.597. The van der Waals surface area contributed by atoms with Crippen LogP contribution >= 0.6 is 11.8 Å². The summed E-state index contributed by atoms with van der Waals surface area (Å²) in [5, 5.41) is 22.3. The van der Waals surface area contributed by atoms with E-state index in [9.17, 15) is 5.26 Å². The molecule has 4 rings (SSSR count). The Kier molecular flexibility index (Phi) is 5.78. The van der Waals surface area contributed by atoms with Gasteiger partial charge in [0.05, 0.1) is 16.3 Å². The molecule has 31 heavy (non-hydrogen) atoms. The lowest BCUT2D eigenvalue weighted by molar-refractivity contribution is 0.628. The van der Waals surface area contributed by atoms with E-state index in [4.69, 9.17) is 0 Å². The van der Waals surface area contributed by atoms with Gasteiger partial charge in [-0.1, -0.05) is 65.9 Å². The Hall–Kier alpha value is -3.57. The maximum Gasteiger partial charge on any atom is 0.228 e. The predicted octanol–water partition coefficient (Wildman–Crippen LogP) is 4.52. The van der Waals surface area contributed by atoms with Crippen LogP contribution in [0.4, 0.5) is 11.9 Å². The van der Waals surface area contributed by atoms with E-state index in [0.29, 0.717) is 28.3 Å². The molecule has 8 heteroatoms. The minimum absolute atomic E-state index is 0.314. The van der Waals surface area contributed by atoms with Gasteiger partial charge in [0.2, 0.25) is 11.9 Å². The summed E-state index contributed by atoms with van der Waals surface area (Å²) in [5.41, 5.74) is 3.28. The predicted molar refractivity (Wildman–Crippen MR) is 127 cm³/mol. The molecule has 2 heterocycles. The van der Waals surface area contributed by atoms with Gasteiger partial charge in [-0.3, -0.25) is 0 Å². The van der Waals surface area contributed by atoms with E-state index in [0.717, 1.165) is 17.7 Å². The van der Waals surface area contributed by atoms with Gasteiger partial charge in [-0.15, -0.1) is 0 Å². The van der Waals surface area contributed by atoms with Gasteiger partial charge in [0.15, 0.2) is 5.82 Å². The first-order chi connectivity index (χ1) is 15.0. The van der Waals surface area contributed by atoms with Crippen LogP contribution in [0.5, 0.6) is 0 Å². The number of aromatic nitrogens is 3. The number of nitrogens with zero attached hydrogens (tertiary/aromatic N) is 4. The molecule has 1 unspecified atom stereocenters. The summed E-state index contributed by atoms with van der Waals surface area (Å²) in [6.45, 7) is 4.16. The number of nitriles is 1. The van der Waals surface area contributed by atoms with E-state index < -0.39 is 0 Å². The van der Waals surface area contributed by atoms with Crippen LogP contribution in [-0.2, 0) is 0 Å². The molecule has 1 aromatic heterocycles. The van der Waals surface area contributed by atoms with Gasteiger partial charge >= 0.3 is 0 Å². The van der Waals surface area contributed by atoms with Crippen molar-refractivity contribution < 1.29 is 0 Å². The molecule has 0 bridgehead atoms. The van der Waals surface area contributed by atoms with E-state index in [1.54, 1.807) is 7.05 Å². The second kappa shape index (κ2) is 8.66. The SMILES string of the molecule is CNc1nc(NC2(C)C=CC(C)=CC2)nc(C(C#N)=C2NC(c3ccccc3)=CS2)n1. The first kappa shape index (κ1) is 20.7. The normalized spacial score (nSPS) is 21.5. The van der Waals surface area contributed by atoms with Crippen LogP contribution in [0, 0.1) is 11.3 Å². The van der Waals surface area contributed by atoms with E-state index in [1.165, 1.54) is 17.3 Å². The number of thioether (sulfide) groups is 1. The highest BCUT2D eigenvalue weighted by atomic mass is 32.2. The summed E-state index contributed by atoms with van der Waals surface area (Å²) < 4.78 is 0. The first-order valence-corrected chi connectivity index (χ1v) is 10.8. The van der Waals surface area contributed by atoms with Crippen LogP contribution < -0.4 is 16.0 Å². The molecule has 1 aliphatic carbocycles. The average molecular weight is 430 g/mol. The maximum atomic E-state index is 9.91. The summed E-state index contributed by atoms with van der Waals surface area (Å²) in [7, 11) is 1.74. The number of nitrogens with one attached hydrogen (secondary N) is 3. The zero-order valence-corrected chi connectivity index (χ0v) is 18.4. The van der Waals surface area contributed by atoms with Gasteiger partial charge in [0.1, 0.15) is 11.6 Å². The fraction of sp³-hybridized carbons (Fsp3) is 0.217. The van der Waals surface area contributed by atoms with E-state index in [2.05, 4.69) is 69.0 Å². The molecule has 156 valence electrons. The van der Waals surface area contributed by atoms with Crippen LogP contribution in [0.25, 0.3) is 11.3 Å². The van der Waals surface area contributed by atoms with Crippen molar-refractivity contribution in [3.05, 3.63) is 76.0 Å². The summed E-state index contributed by atoms with van der Waals surface area (Å²) in [6, 6.07) is 12.2. The zero-order chi connectivity index (χ0) is 21.8. The Balaban J connectivity index is 1.64. The van der Waals surface area contributed by atoms with E-state index in [1.807, 2.05) is 35.7 Å². The van der Waals surface area contributed by atoms with Gasteiger partial charge in [0, 0.05) is 12.5 Å². The van der Waals surface area contributed by atoms with E-state index >= 15 is 0 Å². The molecule has 0 amide bonds. The minimum atomic E-state index is -0.314. The standard InChI is InChI=1S/C23H23N7S/c1-15-9-11-23(2,12-10-15)30-22-28-19(27-21(25-3)29-22)17(13-24)20-26-18(14-31-20)16-7-5-4-6-8-16/h4-11,14,26H,12H2,1-3H3,(H2,25,27,28,29,30). The van der Waals surface area contributed by atoms with Gasteiger partial charge < -0.3 is 16.0 Å². The van der Waals surface area contributed by atoms with Crippen molar-refractivity contribution in [2.45, 2.75) is 25.8 Å². The molecule has 0 saturated carbocycles. The molecular formula is C23H23N7S. The highest BCUT2D eigenvalue weighted by molar-refractivity contribution is 8.06. The van der Waals surface area contributed by atoms with Crippen molar-refractivity contribution in [3.63, 3.8) is 0 Å². The van der Waals surface area contributed by atoms with Crippen molar-refractivity contribution in [3.8, 4) is 6.07 Å². The Bertz CT molecular complexity index is 1160. The van der Waals surface area contributed by atoms with Crippen molar-refractivity contribution in [1.29, 1.82) is 5.26 Å². The molecule has 2 aliphatic rings. The van der Waals surface area contributed by atoms with Crippen LogP contribution in [0.1, 0.15) is 31.7 Å². The van der Waals surface area contributed by atoms with Gasteiger partial charge in [-0.05, 0) is 25.8 Å². The smallest absolute Gasteiger partial charge is 0.228 e. The largest absolute Gasteiger partial charge is 0.357 e. The van der Waals surface area contributed by atoms with Crippen LogP contribution in [0.2, 0.25) is 0 Å². The third-order valence-electron chi connectivity index (χ3n) is 5.01. The average Bonchev–Trinajstić information content (AvgIpc) is 3.27. The summed E-state index contributed by atoms with van der Waals surface area (Å²) in [6.07, 6.45) is 7.18. The Morgan fingerprint density at radius 2 is 1.97 bits per heavy atom. The molecule has 2 aromatic rings. The molecule has 1 aliphatic heterocycles. The molecule has 0 fully saturated rings. The molecule has 0 spiro atoms. The van der Waals surface area contributed by atoms with Crippen molar-refractivity contribution in [2.75, 3.05) is 17.7 Å². The Morgan fingerprint density at radius 1 is 1.19 bits per heavy atom. The Morgan fingerprint density at radius 3 is 2.65 bits per heavy atom. The third kappa shape index (κ3) is 4.62. The summed E-state index contributed by atoms with van der Waals surface area (Å²) in [5.74, 6) is 1.13. The number of hydrogen-bond acceptors (Lipinski definition) is 8. The fourth-order valence-electron chi connectivity index (χ4n) is 3.21. The number of hydrogen-bond donors (Lipinski definition) is 3. The second-order valence-corrected chi connectivity index (χ2v) is 8.42. The minimum Gasteiger partial charge on any atom is -0.357 e. The molecule has 0 saturated heterocycles. The van der Waals surface area contributed by atoms with E-state index in [-0.39, 0.29) is 5.54 Å². The topological polar surface area (TPSA) is 98.5 Å². The second-order valence-electron chi connectivity index (χ2n) is 7.54. The van der Waals surface area contributed by atoms with Gasteiger partial charge in [0.25, 0.3) is 0 Å². The summed E-state index contributed by atoms with van der Waals surface area (Å²) in [4.78, 5) is 13.4. The Labute approximate surface area is 186 Å².